The second kappa shape index (κ2) is 6.24. The lowest BCUT2D eigenvalue weighted by Gasteiger charge is -2.17. The summed E-state index contributed by atoms with van der Waals surface area (Å²) in [5.74, 6) is -1.43. The highest BCUT2D eigenvalue weighted by molar-refractivity contribution is 5.94. The van der Waals surface area contributed by atoms with E-state index in [1.165, 1.54) is 18.0 Å². The molecular formula is C12H15FN2O4. The molecule has 0 saturated heterocycles. The molecule has 0 spiro atoms. The molecule has 1 amide bonds. The average molecular weight is 270 g/mol. The predicted octanol–water partition coefficient (Wildman–Crippen LogP) is 1.58. The number of carbonyl (C=O) groups is 1. The number of nitro benzene ring substituents is 1. The molecule has 0 fully saturated rings. The zero-order chi connectivity index (χ0) is 14.6. The van der Waals surface area contributed by atoms with Crippen LogP contribution in [0.25, 0.3) is 0 Å². The Balaban J connectivity index is 2.88. The number of benzene rings is 1. The Morgan fingerprint density at radius 3 is 2.74 bits per heavy atom. The first-order chi connectivity index (χ1) is 8.82. The fraction of sp³-hybridized carbons (Fsp3) is 0.417. The van der Waals surface area contributed by atoms with E-state index in [1.54, 1.807) is 6.92 Å². The number of aliphatic hydroxyl groups excluding tert-OH is 1. The van der Waals surface area contributed by atoms with Crippen molar-refractivity contribution in [1.82, 2.24) is 4.90 Å². The van der Waals surface area contributed by atoms with Gasteiger partial charge in [0, 0.05) is 25.2 Å². The number of hydrogen-bond acceptors (Lipinski definition) is 4. The summed E-state index contributed by atoms with van der Waals surface area (Å²) in [6.07, 6.45) is -0.149. The molecule has 1 N–H and O–H groups in total. The number of nitrogens with zero attached hydrogens (tertiary/aromatic N) is 2. The number of rotatable bonds is 5. The Labute approximate surface area is 109 Å². The first kappa shape index (κ1) is 15.0. The first-order valence-corrected chi connectivity index (χ1v) is 5.70. The van der Waals surface area contributed by atoms with Crippen LogP contribution in [-0.2, 0) is 0 Å². The van der Waals surface area contributed by atoms with Gasteiger partial charge in [-0.1, -0.05) is 0 Å². The van der Waals surface area contributed by atoms with E-state index >= 15 is 0 Å². The first-order valence-electron chi connectivity index (χ1n) is 5.70. The van der Waals surface area contributed by atoms with E-state index in [0.717, 1.165) is 12.1 Å². The monoisotopic (exact) mass is 270 g/mol. The number of amides is 1. The third kappa shape index (κ3) is 3.99. The average Bonchev–Trinajstić information content (AvgIpc) is 2.35. The van der Waals surface area contributed by atoms with Crippen molar-refractivity contribution in [3.8, 4) is 0 Å². The molecule has 0 bridgehead atoms. The van der Waals surface area contributed by atoms with Crippen LogP contribution in [0.4, 0.5) is 10.1 Å². The Morgan fingerprint density at radius 2 is 2.21 bits per heavy atom. The van der Waals surface area contributed by atoms with Crippen LogP contribution in [0.2, 0.25) is 0 Å². The van der Waals surface area contributed by atoms with Gasteiger partial charge in [0.15, 0.2) is 0 Å². The molecule has 0 aliphatic heterocycles. The lowest BCUT2D eigenvalue weighted by molar-refractivity contribution is -0.387. The normalized spacial score (nSPS) is 12.0. The molecule has 0 radical (unpaired) electrons. The van der Waals surface area contributed by atoms with Gasteiger partial charge in [0.25, 0.3) is 5.91 Å². The summed E-state index contributed by atoms with van der Waals surface area (Å²) in [5.41, 5.74) is -0.684. The molecule has 6 nitrogen and oxygen atoms in total. The standard InChI is InChI=1S/C12H15FN2O4/c1-8(16)5-6-14(2)12(17)9-3-4-10(13)11(7-9)15(18)19/h3-4,7-8,16H,5-6H2,1-2H3. The molecular weight excluding hydrogens is 255 g/mol. The highest BCUT2D eigenvalue weighted by Gasteiger charge is 2.19. The van der Waals surface area contributed by atoms with E-state index in [9.17, 15) is 19.3 Å². The van der Waals surface area contributed by atoms with E-state index in [4.69, 9.17) is 5.11 Å². The summed E-state index contributed by atoms with van der Waals surface area (Å²) in [7, 11) is 1.51. The van der Waals surface area contributed by atoms with Crippen molar-refractivity contribution in [2.75, 3.05) is 13.6 Å². The SMILES string of the molecule is CC(O)CCN(C)C(=O)c1ccc(F)c([N+](=O)[O-])c1. The largest absolute Gasteiger partial charge is 0.393 e. The highest BCUT2D eigenvalue weighted by Crippen LogP contribution is 2.19. The molecule has 0 aromatic heterocycles. The Morgan fingerprint density at radius 1 is 1.58 bits per heavy atom. The van der Waals surface area contributed by atoms with Crippen molar-refractivity contribution in [1.29, 1.82) is 0 Å². The summed E-state index contributed by atoms with van der Waals surface area (Å²) >= 11 is 0. The number of halogens is 1. The summed E-state index contributed by atoms with van der Waals surface area (Å²) in [6, 6.07) is 3.01. The summed E-state index contributed by atoms with van der Waals surface area (Å²) < 4.78 is 13.1. The number of aliphatic hydroxyl groups is 1. The van der Waals surface area contributed by atoms with Crippen LogP contribution in [0.5, 0.6) is 0 Å². The van der Waals surface area contributed by atoms with E-state index in [1.807, 2.05) is 0 Å². The Kier molecular flexibility index (Phi) is 4.94. The van der Waals surface area contributed by atoms with E-state index in [2.05, 4.69) is 0 Å². The lowest BCUT2D eigenvalue weighted by Crippen LogP contribution is -2.29. The van der Waals surface area contributed by atoms with Gasteiger partial charge in [-0.25, -0.2) is 0 Å². The molecule has 1 aromatic carbocycles. The fourth-order valence-corrected chi connectivity index (χ4v) is 1.49. The number of hydrogen-bond donors (Lipinski definition) is 1. The maximum Gasteiger partial charge on any atom is 0.305 e. The van der Waals surface area contributed by atoms with Gasteiger partial charge < -0.3 is 10.0 Å². The molecule has 7 heteroatoms. The molecule has 1 unspecified atom stereocenters. The van der Waals surface area contributed by atoms with Crippen molar-refractivity contribution >= 4 is 11.6 Å². The maximum absolute atomic E-state index is 13.1. The third-order valence-corrected chi connectivity index (χ3v) is 2.62. The van der Waals surface area contributed by atoms with Crippen LogP contribution in [0.1, 0.15) is 23.7 Å². The van der Waals surface area contributed by atoms with Gasteiger partial charge in [-0.3, -0.25) is 14.9 Å². The smallest absolute Gasteiger partial charge is 0.305 e. The molecule has 1 aromatic rings. The van der Waals surface area contributed by atoms with Crippen LogP contribution < -0.4 is 0 Å². The maximum atomic E-state index is 13.1. The number of carbonyl (C=O) groups excluding carboxylic acids is 1. The van der Waals surface area contributed by atoms with Gasteiger partial charge in [0.2, 0.25) is 5.82 Å². The van der Waals surface area contributed by atoms with E-state index in [-0.39, 0.29) is 5.56 Å². The zero-order valence-corrected chi connectivity index (χ0v) is 10.7. The number of nitro groups is 1. The Hall–Kier alpha value is -2.02. The minimum absolute atomic E-state index is 0.0428. The minimum Gasteiger partial charge on any atom is -0.393 e. The van der Waals surface area contributed by atoms with Crippen molar-refractivity contribution in [2.45, 2.75) is 19.4 Å². The van der Waals surface area contributed by atoms with Gasteiger partial charge in [0.1, 0.15) is 0 Å². The van der Waals surface area contributed by atoms with E-state index < -0.39 is 28.4 Å². The molecule has 104 valence electrons. The van der Waals surface area contributed by atoms with Crippen molar-refractivity contribution in [3.05, 3.63) is 39.7 Å². The molecule has 1 atom stereocenters. The van der Waals surface area contributed by atoms with Gasteiger partial charge >= 0.3 is 5.69 Å². The van der Waals surface area contributed by atoms with Gasteiger partial charge in [-0.05, 0) is 25.5 Å². The molecule has 19 heavy (non-hydrogen) atoms. The van der Waals surface area contributed by atoms with Crippen LogP contribution in [0.3, 0.4) is 0 Å². The van der Waals surface area contributed by atoms with Crippen LogP contribution >= 0.6 is 0 Å². The Bertz CT molecular complexity index is 491. The quantitative estimate of drug-likeness (QED) is 0.650. The lowest BCUT2D eigenvalue weighted by atomic mass is 10.1. The molecule has 0 aliphatic carbocycles. The van der Waals surface area contributed by atoms with Crippen LogP contribution in [0.15, 0.2) is 18.2 Å². The second-order valence-electron chi connectivity index (χ2n) is 4.29. The molecule has 0 aliphatic rings. The summed E-state index contributed by atoms with van der Waals surface area (Å²) in [5, 5.41) is 19.7. The van der Waals surface area contributed by atoms with Crippen molar-refractivity contribution in [2.24, 2.45) is 0 Å². The topological polar surface area (TPSA) is 83.7 Å². The summed E-state index contributed by atoms with van der Waals surface area (Å²) in [6.45, 7) is 1.91. The zero-order valence-electron chi connectivity index (χ0n) is 10.7. The predicted molar refractivity (Wildman–Crippen MR) is 66.3 cm³/mol. The van der Waals surface area contributed by atoms with Crippen LogP contribution in [-0.4, -0.2) is 40.5 Å². The fourth-order valence-electron chi connectivity index (χ4n) is 1.49. The second-order valence-corrected chi connectivity index (χ2v) is 4.29. The van der Waals surface area contributed by atoms with Gasteiger partial charge in [0.05, 0.1) is 11.0 Å². The molecule has 1 rings (SSSR count). The third-order valence-electron chi connectivity index (χ3n) is 2.62. The molecule has 0 saturated carbocycles. The summed E-state index contributed by atoms with van der Waals surface area (Å²) in [4.78, 5) is 23.0. The van der Waals surface area contributed by atoms with Crippen molar-refractivity contribution in [3.63, 3.8) is 0 Å². The minimum atomic E-state index is -0.979. The van der Waals surface area contributed by atoms with Gasteiger partial charge in [-0.2, -0.15) is 4.39 Å². The van der Waals surface area contributed by atoms with E-state index in [0.29, 0.717) is 13.0 Å². The highest BCUT2D eigenvalue weighted by atomic mass is 19.1. The van der Waals surface area contributed by atoms with Crippen molar-refractivity contribution < 1.29 is 19.2 Å². The van der Waals surface area contributed by atoms with Gasteiger partial charge in [-0.15, -0.1) is 0 Å². The molecule has 0 heterocycles. The van der Waals surface area contributed by atoms with Crippen LogP contribution in [0, 0.1) is 15.9 Å².